The van der Waals surface area contributed by atoms with Crippen molar-refractivity contribution in [1.29, 1.82) is 0 Å². The topological polar surface area (TPSA) is 30.5 Å². The van der Waals surface area contributed by atoms with Gasteiger partial charge in [0.15, 0.2) is 0 Å². The van der Waals surface area contributed by atoms with Crippen LogP contribution in [0.4, 0.5) is 5.69 Å². The minimum Gasteiger partial charge on any atom is -0.491 e. The lowest BCUT2D eigenvalue weighted by atomic mass is 9.97. The SMILES string of the molecule is CC1(COc2ccc3c(c2)NCCC3)CCCCO1. The zero-order valence-electron chi connectivity index (χ0n) is 11.7. The highest BCUT2D eigenvalue weighted by molar-refractivity contribution is 5.56. The Morgan fingerprint density at radius 2 is 2.26 bits per heavy atom. The van der Waals surface area contributed by atoms with E-state index in [9.17, 15) is 0 Å². The second-order valence-electron chi connectivity index (χ2n) is 5.89. The van der Waals surface area contributed by atoms with E-state index in [1.807, 2.05) is 0 Å². The third kappa shape index (κ3) is 3.03. The number of hydrogen-bond donors (Lipinski definition) is 1. The molecule has 1 fully saturated rings. The maximum Gasteiger partial charge on any atom is 0.121 e. The first-order chi connectivity index (χ1) is 9.25. The molecule has 0 spiro atoms. The molecule has 104 valence electrons. The zero-order valence-corrected chi connectivity index (χ0v) is 11.7. The van der Waals surface area contributed by atoms with E-state index in [0.717, 1.165) is 25.3 Å². The van der Waals surface area contributed by atoms with E-state index >= 15 is 0 Å². The van der Waals surface area contributed by atoms with Gasteiger partial charge in [0.2, 0.25) is 0 Å². The number of rotatable bonds is 3. The second kappa shape index (κ2) is 5.41. The zero-order chi connectivity index (χ0) is 13.1. The molecular formula is C16H23NO2. The van der Waals surface area contributed by atoms with Crippen LogP contribution >= 0.6 is 0 Å². The second-order valence-corrected chi connectivity index (χ2v) is 5.89. The summed E-state index contributed by atoms with van der Waals surface area (Å²) in [6, 6.07) is 6.39. The standard InChI is InChI=1S/C16H23NO2/c1-16(8-2-3-10-19-16)12-18-14-7-6-13-5-4-9-17-15(13)11-14/h6-7,11,17H,2-5,8-10,12H2,1H3. The molecule has 1 atom stereocenters. The van der Waals surface area contributed by atoms with Gasteiger partial charge in [-0.1, -0.05) is 6.07 Å². The molecule has 3 rings (SSSR count). The fourth-order valence-corrected chi connectivity index (χ4v) is 2.87. The van der Waals surface area contributed by atoms with Crippen LogP contribution in [0.5, 0.6) is 5.75 Å². The van der Waals surface area contributed by atoms with Crippen molar-refractivity contribution in [3.8, 4) is 5.75 Å². The lowest BCUT2D eigenvalue weighted by molar-refractivity contribution is -0.0888. The number of nitrogens with one attached hydrogen (secondary N) is 1. The predicted molar refractivity (Wildman–Crippen MR) is 77.0 cm³/mol. The van der Waals surface area contributed by atoms with Gasteiger partial charge in [-0.05, 0) is 50.7 Å². The summed E-state index contributed by atoms with van der Waals surface area (Å²) in [6.45, 7) is 4.73. The lowest BCUT2D eigenvalue weighted by Crippen LogP contribution is -2.38. The van der Waals surface area contributed by atoms with Crippen LogP contribution in [-0.2, 0) is 11.2 Å². The number of anilines is 1. The molecule has 3 heteroatoms. The molecule has 0 saturated carbocycles. The van der Waals surface area contributed by atoms with Crippen molar-refractivity contribution in [3.05, 3.63) is 23.8 Å². The van der Waals surface area contributed by atoms with Gasteiger partial charge in [0.1, 0.15) is 12.4 Å². The molecule has 0 bridgehead atoms. The van der Waals surface area contributed by atoms with Crippen LogP contribution in [0.1, 0.15) is 38.2 Å². The molecule has 1 N–H and O–H groups in total. The van der Waals surface area contributed by atoms with Gasteiger partial charge in [0.05, 0.1) is 5.60 Å². The third-order valence-corrected chi connectivity index (χ3v) is 4.11. The van der Waals surface area contributed by atoms with E-state index in [0.29, 0.717) is 6.61 Å². The largest absolute Gasteiger partial charge is 0.491 e. The van der Waals surface area contributed by atoms with Crippen LogP contribution in [0.15, 0.2) is 18.2 Å². The minimum atomic E-state index is -0.110. The van der Waals surface area contributed by atoms with Crippen molar-refractivity contribution in [2.45, 2.75) is 44.6 Å². The Bertz CT molecular complexity index is 438. The molecule has 2 aliphatic rings. The first-order valence-corrected chi connectivity index (χ1v) is 7.39. The summed E-state index contributed by atoms with van der Waals surface area (Å²) < 4.78 is 11.8. The molecule has 1 unspecified atom stereocenters. The molecule has 2 heterocycles. The molecule has 19 heavy (non-hydrogen) atoms. The molecule has 1 saturated heterocycles. The van der Waals surface area contributed by atoms with Crippen LogP contribution in [0.2, 0.25) is 0 Å². The smallest absolute Gasteiger partial charge is 0.121 e. The number of fused-ring (bicyclic) bond motifs is 1. The summed E-state index contributed by atoms with van der Waals surface area (Å²) in [5.74, 6) is 0.948. The van der Waals surface area contributed by atoms with Crippen molar-refractivity contribution in [2.24, 2.45) is 0 Å². The number of hydrogen-bond acceptors (Lipinski definition) is 3. The average molecular weight is 261 g/mol. The van der Waals surface area contributed by atoms with E-state index in [2.05, 4.69) is 30.4 Å². The molecule has 3 nitrogen and oxygen atoms in total. The Kier molecular flexibility index (Phi) is 3.65. The van der Waals surface area contributed by atoms with Gasteiger partial charge in [-0.3, -0.25) is 0 Å². The van der Waals surface area contributed by atoms with E-state index in [1.54, 1.807) is 0 Å². The summed E-state index contributed by atoms with van der Waals surface area (Å²) >= 11 is 0. The molecule has 0 radical (unpaired) electrons. The fraction of sp³-hybridized carbons (Fsp3) is 0.625. The summed E-state index contributed by atoms with van der Waals surface area (Å²) in [6.07, 6.45) is 5.91. The van der Waals surface area contributed by atoms with E-state index in [-0.39, 0.29) is 5.60 Å². The Balaban J connectivity index is 1.63. The highest BCUT2D eigenvalue weighted by Crippen LogP contribution is 2.29. The molecule has 2 aliphatic heterocycles. The molecule has 0 aromatic heterocycles. The van der Waals surface area contributed by atoms with Crippen LogP contribution < -0.4 is 10.1 Å². The van der Waals surface area contributed by atoms with Gasteiger partial charge in [-0.25, -0.2) is 0 Å². The Hall–Kier alpha value is -1.22. The maximum absolute atomic E-state index is 5.95. The van der Waals surface area contributed by atoms with Gasteiger partial charge >= 0.3 is 0 Å². The summed E-state index contributed by atoms with van der Waals surface area (Å²) in [7, 11) is 0. The van der Waals surface area contributed by atoms with Crippen molar-refractivity contribution in [3.63, 3.8) is 0 Å². The van der Waals surface area contributed by atoms with Crippen molar-refractivity contribution in [1.82, 2.24) is 0 Å². The lowest BCUT2D eigenvalue weighted by Gasteiger charge is -2.33. The van der Waals surface area contributed by atoms with Gasteiger partial charge in [0.25, 0.3) is 0 Å². The summed E-state index contributed by atoms with van der Waals surface area (Å²) in [5, 5.41) is 3.44. The third-order valence-electron chi connectivity index (χ3n) is 4.11. The first kappa shape index (κ1) is 12.8. The molecule has 0 aliphatic carbocycles. The quantitative estimate of drug-likeness (QED) is 0.904. The normalized spacial score (nSPS) is 26.4. The van der Waals surface area contributed by atoms with Gasteiger partial charge in [0, 0.05) is 24.9 Å². The summed E-state index contributed by atoms with van der Waals surface area (Å²) in [4.78, 5) is 0. The Morgan fingerprint density at radius 1 is 1.32 bits per heavy atom. The van der Waals surface area contributed by atoms with Gasteiger partial charge in [-0.15, -0.1) is 0 Å². The monoisotopic (exact) mass is 261 g/mol. The minimum absolute atomic E-state index is 0.110. The van der Waals surface area contributed by atoms with E-state index < -0.39 is 0 Å². The highest BCUT2D eigenvalue weighted by Gasteiger charge is 2.28. The molecule has 1 aromatic rings. The number of ether oxygens (including phenoxy) is 2. The Morgan fingerprint density at radius 3 is 3.11 bits per heavy atom. The van der Waals surface area contributed by atoms with Crippen LogP contribution in [0.3, 0.4) is 0 Å². The maximum atomic E-state index is 5.95. The number of aryl methyl sites for hydroxylation is 1. The number of benzene rings is 1. The first-order valence-electron chi connectivity index (χ1n) is 7.39. The fourth-order valence-electron chi connectivity index (χ4n) is 2.87. The van der Waals surface area contributed by atoms with Crippen molar-refractivity contribution in [2.75, 3.05) is 25.1 Å². The van der Waals surface area contributed by atoms with Crippen LogP contribution in [-0.4, -0.2) is 25.4 Å². The molecular weight excluding hydrogens is 238 g/mol. The van der Waals surface area contributed by atoms with Crippen LogP contribution in [0.25, 0.3) is 0 Å². The van der Waals surface area contributed by atoms with Crippen molar-refractivity contribution >= 4 is 5.69 Å². The van der Waals surface area contributed by atoms with E-state index in [4.69, 9.17) is 9.47 Å². The Labute approximate surface area is 115 Å². The highest BCUT2D eigenvalue weighted by atomic mass is 16.5. The van der Waals surface area contributed by atoms with Crippen molar-refractivity contribution < 1.29 is 9.47 Å². The molecule has 1 aromatic carbocycles. The van der Waals surface area contributed by atoms with E-state index in [1.165, 1.54) is 36.9 Å². The predicted octanol–water partition coefficient (Wildman–Crippen LogP) is 3.38. The van der Waals surface area contributed by atoms with Gasteiger partial charge < -0.3 is 14.8 Å². The van der Waals surface area contributed by atoms with Crippen LogP contribution in [0, 0.1) is 0 Å². The van der Waals surface area contributed by atoms with Gasteiger partial charge in [-0.2, -0.15) is 0 Å². The average Bonchev–Trinajstić information content (AvgIpc) is 2.46. The summed E-state index contributed by atoms with van der Waals surface area (Å²) in [5.41, 5.74) is 2.53. The molecule has 0 amide bonds.